The van der Waals surface area contributed by atoms with Gasteiger partial charge in [-0.1, -0.05) is 11.6 Å². The van der Waals surface area contributed by atoms with Gasteiger partial charge < -0.3 is 0 Å². The van der Waals surface area contributed by atoms with Crippen LogP contribution in [0.15, 0.2) is 40.9 Å². The lowest BCUT2D eigenvalue weighted by Crippen LogP contribution is -2.29. The molecule has 1 aliphatic heterocycles. The summed E-state index contributed by atoms with van der Waals surface area (Å²) < 4.78 is 13.5. The molecule has 0 N–H and O–H groups in total. The number of rotatable bonds is 1. The van der Waals surface area contributed by atoms with E-state index in [1.807, 2.05) is 6.92 Å². The third-order valence-electron chi connectivity index (χ3n) is 3.20. The Kier molecular flexibility index (Phi) is 2.94. The second-order valence-corrected chi connectivity index (χ2v) is 5.45. The Morgan fingerprint density at radius 2 is 1.70 bits per heavy atom. The molecule has 2 aromatic rings. The maximum absolute atomic E-state index is 13.3. The first-order chi connectivity index (χ1) is 9.49. The zero-order valence-corrected chi connectivity index (χ0v) is 12.1. The van der Waals surface area contributed by atoms with E-state index in [0.717, 1.165) is 10.5 Å². The third-order valence-corrected chi connectivity index (χ3v) is 3.81. The lowest BCUT2D eigenvalue weighted by molar-refractivity contribution is 0.0926. The summed E-state index contributed by atoms with van der Waals surface area (Å²) in [6.07, 6.45) is 0. The van der Waals surface area contributed by atoms with Gasteiger partial charge in [0.05, 0.1) is 21.3 Å². The zero-order valence-electron chi connectivity index (χ0n) is 10.5. The van der Waals surface area contributed by atoms with Crippen molar-refractivity contribution in [2.24, 2.45) is 0 Å². The standard InChI is InChI=1S/C15H9BrFNO2/c1-8-2-4-10-11(6-8)15(20)18(14(10)19)9-3-5-13(17)12(16)7-9/h2-7H,1H3. The molecule has 0 spiro atoms. The predicted octanol–water partition coefficient (Wildman–Crippen LogP) is 3.70. The van der Waals surface area contributed by atoms with Gasteiger partial charge in [-0.25, -0.2) is 9.29 Å². The lowest BCUT2D eigenvalue weighted by Gasteiger charge is -2.14. The van der Waals surface area contributed by atoms with Gasteiger partial charge in [-0.3, -0.25) is 9.59 Å². The highest BCUT2D eigenvalue weighted by Crippen LogP contribution is 2.31. The molecule has 3 rings (SSSR count). The maximum Gasteiger partial charge on any atom is 0.266 e. The normalized spacial score (nSPS) is 13.8. The first-order valence-corrected chi connectivity index (χ1v) is 6.73. The number of imide groups is 1. The van der Waals surface area contributed by atoms with E-state index < -0.39 is 5.82 Å². The molecule has 0 saturated heterocycles. The van der Waals surface area contributed by atoms with Crippen LogP contribution in [0.25, 0.3) is 0 Å². The Bertz CT molecular complexity index is 758. The van der Waals surface area contributed by atoms with Crippen LogP contribution in [0.5, 0.6) is 0 Å². The van der Waals surface area contributed by atoms with E-state index in [1.54, 1.807) is 18.2 Å². The van der Waals surface area contributed by atoms with Crippen LogP contribution in [-0.4, -0.2) is 11.8 Å². The number of benzene rings is 2. The summed E-state index contributed by atoms with van der Waals surface area (Å²) in [4.78, 5) is 25.7. The van der Waals surface area contributed by atoms with E-state index >= 15 is 0 Å². The van der Waals surface area contributed by atoms with E-state index in [0.29, 0.717) is 16.8 Å². The molecular formula is C15H9BrFNO2. The Hall–Kier alpha value is -2.01. The number of hydrogen-bond donors (Lipinski definition) is 0. The van der Waals surface area contributed by atoms with E-state index in [9.17, 15) is 14.0 Å². The molecule has 0 unspecified atom stereocenters. The average molecular weight is 334 g/mol. The van der Waals surface area contributed by atoms with E-state index in [-0.39, 0.29) is 16.3 Å². The highest BCUT2D eigenvalue weighted by Gasteiger charge is 2.36. The molecule has 0 saturated carbocycles. The van der Waals surface area contributed by atoms with Crippen LogP contribution < -0.4 is 4.90 Å². The fourth-order valence-corrected chi connectivity index (χ4v) is 2.58. The summed E-state index contributed by atoms with van der Waals surface area (Å²) in [5, 5.41) is 0. The highest BCUT2D eigenvalue weighted by atomic mass is 79.9. The summed E-state index contributed by atoms with van der Waals surface area (Å²) in [5.74, 6) is -1.21. The van der Waals surface area contributed by atoms with Crippen molar-refractivity contribution in [1.29, 1.82) is 0 Å². The van der Waals surface area contributed by atoms with Crippen LogP contribution in [0, 0.1) is 12.7 Å². The average Bonchev–Trinajstić information content (AvgIpc) is 2.65. The molecule has 3 nitrogen and oxygen atoms in total. The molecule has 0 aliphatic carbocycles. The largest absolute Gasteiger partial charge is 0.268 e. The van der Waals surface area contributed by atoms with E-state index in [2.05, 4.69) is 15.9 Å². The van der Waals surface area contributed by atoms with Gasteiger partial charge in [0.2, 0.25) is 0 Å². The number of amides is 2. The summed E-state index contributed by atoms with van der Waals surface area (Å²) >= 11 is 3.06. The molecule has 0 bridgehead atoms. The van der Waals surface area contributed by atoms with Crippen molar-refractivity contribution in [3.8, 4) is 0 Å². The Morgan fingerprint density at radius 1 is 1.00 bits per heavy atom. The van der Waals surface area contributed by atoms with Gasteiger partial charge in [0, 0.05) is 0 Å². The maximum atomic E-state index is 13.3. The van der Waals surface area contributed by atoms with Crippen molar-refractivity contribution in [3.63, 3.8) is 0 Å². The van der Waals surface area contributed by atoms with Gasteiger partial charge in [-0.15, -0.1) is 0 Å². The predicted molar refractivity (Wildman–Crippen MR) is 76.4 cm³/mol. The topological polar surface area (TPSA) is 37.4 Å². The molecule has 0 atom stereocenters. The molecule has 100 valence electrons. The number of carbonyl (C=O) groups excluding carboxylic acids is 2. The number of halogens is 2. The molecular weight excluding hydrogens is 325 g/mol. The summed E-state index contributed by atoms with van der Waals surface area (Å²) in [6, 6.07) is 9.17. The van der Waals surface area contributed by atoms with Gasteiger partial charge in [0.25, 0.3) is 11.8 Å². The fraction of sp³-hybridized carbons (Fsp3) is 0.0667. The third kappa shape index (κ3) is 1.86. The van der Waals surface area contributed by atoms with Crippen LogP contribution in [0.2, 0.25) is 0 Å². The van der Waals surface area contributed by atoms with Crippen molar-refractivity contribution in [3.05, 3.63) is 63.4 Å². The SMILES string of the molecule is Cc1ccc2c(c1)C(=O)N(c1ccc(F)c(Br)c1)C2=O. The van der Waals surface area contributed by atoms with Crippen LogP contribution in [0.3, 0.4) is 0 Å². The van der Waals surface area contributed by atoms with Gasteiger partial charge in [-0.2, -0.15) is 0 Å². The molecule has 2 aromatic carbocycles. The number of aryl methyl sites for hydroxylation is 1. The van der Waals surface area contributed by atoms with Crippen molar-refractivity contribution in [2.75, 3.05) is 4.90 Å². The van der Waals surface area contributed by atoms with E-state index in [1.165, 1.54) is 18.2 Å². The van der Waals surface area contributed by atoms with Crippen molar-refractivity contribution in [1.82, 2.24) is 0 Å². The van der Waals surface area contributed by atoms with Gasteiger partial charge >= 0.3 is 0 Å². The second kappa shape index (κ2) is 4.52. The van der Waals surface area contributed by atoms with Gasteiger partial charge in [0.15, 0.2) is 0 Å². The second-order valence-electron chi connectivity index (χ2n) is 4.59. The minimum Gasteiger partial charge on any atom is -0.268 e. The van der Waals surface area contributed by atoms with Gasteiger partial charge in [-0.05, 0) is 53.2 Å². The molecule has 1 aliphatic rings. The minimum atomic E-state index is -0.443. The van der Waals surface area contributed by atoms with Gasteiger partial charge in [0.1, 0.15) is 5.82 Å². The summed E-state index contributed by atoms with van der Waals surface area (Å²) in [7, 11) is 0. The van der Waals surface area contributed by atoms with Crippen molar-refractivity contribution < 1.29 is 14.0 Å². The Balaban J connectivity index is 2.11. The Morgan fingerprint density at radius 3 is 2.40 bits per heavy atom. The van der Waals surface area contributed by atoms with Crippen LogP contribution >= 0.6 is 15.9 Å². The quantitative estimate of drug-likeness (QED) is 0.746. The van der Waals surface area contributed by atoms with Crippen LogP contribution in [0.1, 0.15) is 26.3 Å². The van der Waals surface area contributed by atoms with Crippen molar-refractivity contribution >= 4 is 33.4 Å². The lowest BCUT2D eigenvalue weighted by atomic mass is 10.1. The fourth-order valence-electron chi connectivity index (χ4n) is 2.21. The summed E-state index contributed by atoms with van der Waals surface area (Å²) in [6.45, 7) is 1.86. The molecule has 2 amide bonds. The molecule has 20 heavy (non-hydrogen) atoms. The highest BCUT2D eigenvalue weighted by molar-refractivity contribution is 9.10. The number of nitrogens with zero attached hydrogens (tertiary/aromatic N) is 1. The monoisotopic (exact) mass is 333 g/mol. The van der Waals surface area contributed by atoms with Crippen LogP contribution in [-0.2, 0) is 0 Å². The number of anilines is 1. The van der Waals surface area contributed by atoms with Crippen molar-refractivity contribution in [2.45, 2.75) is 6.92 Å². The number of hydrogen-bond acceptors (Lipinski definition) is 2. The molecule has 0 fully saturated rings. The molecule has 0 aromatic heterocycles. The molecule has 0 radical (unpaired) electrons. The first kappa shape index (κ1) is 13.0. The smallest absolute Gasteiger partial charge is 0.266 e. The Labute approximate surface area is 123 Å². The molecule has 5 heteroatoms. The first-order valence-electron chi connectivity index (χ1n) is 5.93. The minimum absolute atomic E-state index is 0.211. The van der Waals surface area contributed by atoms with E-state index in [4.69, 9.17) is 0 Å². The zero-order chi connectivity index (χ0) is 14.4. The number of carbonyl (C=O) groups is 2. The number of fused-ring (bicyclic) bond motifs is 1. The molecule has 1 heterocycles. The summed E-state index contributed by atoms with van der Waals surface area (Å²) in [5.41, 5.74) is 2.02. The van der Waals surface area contributed by atoms with Crippen LogP contribution in [0.4, 0.5) is 10.1 Å².